The number of ketones is 1. The maximum absolute atomic E-state index is 11.5. The highest BCUT2D eigenvalue weighted by molar-refractivity contribution is 6.18. The van der Waals surface area contributed by atoms with E-state index in [0.29, 0.717) is 5.39 Å². The molecule has 5 heteroatoms. The van der Waals surface area contributed by atoms with Gasteiger partial charge in [0.1, 0.15) is 0 Å². The summed E-state index contributed by atoms with van der Waals surface area (Å²) in [6.07, 6.45) is 0. The van der Waals surface area contributed by atoms with E-state index in [1.807, 2.05) is 0 Å². The lowest BCUT2D eigenvalue weighted by molar-refractivity contribution is 0.0693. The number of carbonyl (C=O) groups excluding carboxylic acids is 1. The van der Waals surface area contributed by atoms with Gasteiger partial charge in [0.25, 0.3) is 0 Å². The number of rotatable bonds is 3. The molecule has 5 nitrogen and oxygen atoms in total. The van der Waals surface area contributed by atoms with Crippen LogP contribution in [0, 0.1) is 0 Å². The van der Waals surface area contributed by atoms with Crippen LogP contribution in [0.5, 0.6) is 0 Å². The lowest BCUT2D eigenvalue weighted by Gasteiger charge is -2.09. The van der Waals surface area contributed by atoms with Crippen molar-refractivity contribution in [3.05, 3.63) is 47.0 Å². The first-order chi connectivity index (χ1) is 8.93. The van der Waals surface area contributed by atoms with Crippen molar-refractivity contribution in [3.63, 3.8) is 0 Å². The van der Waals surface area contributed by atoms with E-state index in [9.17, 15) is 19.5 Å². The average molecular weight is 258 g/mol. The maximum Gasteiger partial charge on any atom is 0.337 e. The lowest BCUT2D eigenvalue weighted by atomic mass is 9.93. The van der Waals surface area contributed by atoms with Gasteiger partial charge in [0, 0.05) is 10.9 Å². The Morgan fingerprint density at radius 1 is 0.895 bits per heavy atom. The van der Waals surface area contributed by atoms with Gasteiger partial charge in [0.15, 0.2) is 5.78 Å². The Labute approximate surface area is 108 Å². The third kappa shape index (κ3) is 2.06. The van der Waals surface area contributed by atoms with Crippen LogP contribution < -0.4 is 0 Å². The summed E-state index contributed by atoms with van der Waals surface area (Å²) in [5.74, 6) is -2.96. The van der Waals surface area contributed by atoms with Crippen LogP contribution in [0.15, 0.2) is 30.3 Å². The van der Waals surface area contributed by atoms with Crippen LogP contribution in [0.1, 0.15) is 38.0 Å². The van der Waals surface area contributed by atoms with Crippen molar-refractivity contribution in [1.82, 2.24) is 0 Å². The highest BCUT2D eigenvalue weighted by Crippen LogP contribution is 2.26. The summed E-state index contributed by atoms with van der Waals surface area (Å²) in [5.41, 5.74) is -0.380. The first-order valence-electron chi connectivity index (χ1n) is 5.46. The topological polar surface area (TPSA) is 91.7 Å². The monoisotopic (exact) mass is 258 g/mol. The summed E-state index contributed by atoms with van der Waals surface area (Å²) in [6.45, 7) is 1.25. The van der Waals surface area contributed by atoms with E-state index in [1.54, 1.807) is 12.1 Å². The van der Waals surface area contributed by atoms with Crippen LogP contribution in [-0.4, -0.2) is 27.9 Å². The molecule has 0 saturated heterocycles. The summed E-state index contributed by atoms with van der Waals surface area (Å²) in [7, 11) is 0. The predicted molar refractivity (Wildman–Crippen MR) is 67.9 cm³/mol. The second-order valence-electron chi connectivity index (χ2n) is 4.06. The zero-order chi connectivity index (χ0) is 14.2. The van der Waals surface area contributed by atoms with Gasteiger partial charge in [-0.3, -0.25) is 4.79 Å². The van der Waals surface area contributed by atoms with E-state index in [1.165, 1.54) is 25.1 Å². The molecule has 0 radical (unpaired) electrons. The normalized spacial score (nSPS) is 10.4. The van der Waals surface area contributed by atoms with E-state index in [-0.39, 0.29) is 22.1 Å². The predicted octanol–water partition coefficient (Wildman–Crippen LogP) is 2.44. The molecule has 0 atom stereocenters. The molecule has 0 amide bonds. The Bertz CT molecular complexity index is 715. The number of Topliss-reactive ketones (excluding diaryl/α,β-unsaturated/α-hetero) is 1. The molecule has 0 heterocycles. The number of carboxylic acid groups (broad SMARTS) is 2. The molecule has 2 aromatic carbocycles. The Hall–Kier alpha value is -2.69. The van der Waals surface area contributed by atoms with Crippen molar-refractivity contribution < 1.29 is 24.6 Å². The van der Waals surface area contributed by atoms with Crippen LogP contribution in [0.25, 0.3) is 10.8 Å². The van der Waals surface area contributed by atoms with Gasteiger partial charge in [0.2, 0.25) is 0 Å². The fraction of sp³-hybridized carbons (Fsp3) is 0.0714. The molecule has 0 bridgehead atoms. The summed E-state index contributed by atoms with van der Waals surface area (Å²) in [4.78, 5) is 34.0. The number of hydrogen-bond acceptors (Lipinski definition) is 3. The molecular formula is C14H10O5. The molecule has 0 unspecified atom stereocenters. The quantitative estimate of drug-likeness (QED) is 0.825. The third-order valence-corrected chi connectivity index (χ3v) is 2.87. The largest absolute Gasteiger partial charge is 0.478 e. The maximum atomic E-state index is 11.5. The van der Waals surface area contributed by atoms with Crippen LogP contribution >= 0.6 is 0 Å². The zero-order valence-electron chi connectivity index (χ0n) is 10.0. The number of carbonyl (C=O) groups is 3. The molecule has 2 N–H and O–H groups in total. The molecule has 0 fully saturated rings. The number of benzene rings is 2. The number of hydrogen-bond donors (Lipinski definition) is 2. The molecule has 0 aliphatic carbocycles. The average Bonchev–Trinajstić information content (AvgIpc) is 2.35. The number of fused-ring (bicyclic) bond motifs is 1. The van der Waals surface area contributed by atoms with Gasteiger partial charge in [-0.25, -0.2) is 9.59 Å². The minimum absolute atomic E-state index is 0.00806. The van der Waals surface area contributed by atoms with E-state index in [4.69, 9.17) is 5.11 Å². The van der Waals surface area contributed by atoms with E-state index < -0.39 is 17.7 Å². The second-order valence-corrected chi connectivity index (χ2v) is 4.06. The van der Waals surface area contributed by atoms with Gasteiger partial charge in [-0.1, -0.05) is 18.2 Å². The molecule has 0 aliphatic rings. The summed E-state index contributed by atoms with van der Waals surface area (Å²) < 4.78 is 0. The van der Waals surface area contributed by atoms with Gasteiger partial charge < -0.3 is 10.2 Å². The SMILES string of the molecule is CC(=O)c1ccc2cccc(C(=O)O)c2c1C(=O)O. The van der Waals surface area contributed by atoms with Crippen LogP contribution in [0.3, 0.4) is 0 Å². The lowest BCUT2D eigenvalue weighted by Crippen LogP contribution is -2.10. The highest BCUT2D eigenvalue weighted by Gasteiger charge is 2.21. The Morgan fingerprint density at radius 2 is 1.58 bits per heavy atom. The number of carboxylic acids is 2. The molecule has 2 rings (SSSR count). The van der Waals surface area contributed by atoms with Gasteiger partial charge >= 0.3 is 11.9 Å². The van der Waals surface area contributed by atoms with Crippen molar-refractivity contribution >= 4 is 28.5 Å². The Balaban J connectivity index is 3.02. The number of aromatic carboxylic acids is 2. The molecule has 0 aromatic heterocycles. The summed E-state index contributed by atoms with van der Waals surface area (Å²) in [6, 6.07) is 7.41. The van der Waals surface area contributed by atoms with Gasteiger partial charge in [-0.15, -0.1) is 0 Å². The first-order valence-corrected chi connectivity index (χ1v) is 5.46. The summed E-state index contributed by atoms with van der Waals surface area (Å²) in [5, 5.41) is 19.0. The summed E-state index contributed by atoms with van der Waals surface area (Å²) >= 11 is 0. The fourth-order valence-electron chi connectivity index (χ4n) is 2.07. The fourth-order valence-corrected chi connectivity index (χ4v) is 2.07. The van der Waals surface area contributed by atoms with E-state index in [0.717, 1.165) is 0 Å². The van der Waals surface area contributed by atoms with Crippen LogP contribution in [0.2, 0.25) is 0 Å². The molecule has 0 saturated carbocycles. The van der Waals surface area contributed by atoms with Crippen molar-refractivity contribution in [1.29, 1.82) is 0 Å². The zero-order valence-corrected chi connectivity index (χ0v) is 10.0. The van der Waals surface area contributed by atoms with E-state index in [2.05, 4.69) is 0 Å². The van der Waals surface area contributed by atoms with Crippen LogP contribution in [0.4, 0.5) is 0 Å². The molecule has 19 heavy (non-hydrogen) atoms. The Morgan fingerprint density at radius 3 is 2.11 bits per heavy atom. The first kappa shape index (κ1) is 12.8. The minimum atomic E-state index is -1.32. The third-order valence-electron chi connectivity index (χ3n) is 2.87. The second kappa shape index (κ2) is 4.53. The Kier molecular flexibility index (Phi) is 3.04. The van der Waals surface area contributed by atoms with Gasteiger partial charge in [-0.05, 0) is 24.4 Å². The molecule has 96 valence electrons. The van der Waals surface area contributed by atoms with Crippen molar-refractivity contribution in [2.75, 3.05) is 0 Å². The highest BCUT2D eigenvalue weighted by atomic mass is 16.4. The molecular weight excluding hydrogens is 248 g/mol. The van der Waals surface area contributed by atoms with E-state index >= 15 is 0 Å². The molecule has 2 aromatic rings. The molecule has 0 aliphatic heterocycles. The smallest absolute Gasteiger partial charge is 0.337 e. The van der Waals surface area contributed by atoms with Crippen molar-refractivity contribution in [2.45, 2.75) is 6.92 Å². The van der Waals surface area contributed by atoms with Crippen molar-refractivity contribution in [2.24, 2.45) is 0 Å². The van der Waals surface area contributed by atoms with Crippen LogP contribution in [-0.2, 0) is 0 Å². The van der Waals surface area contributed by atoms with Gasteiger partial charge in [0.05, 0.1) is 11.1 Å². The minimum Gasteiger partial charge on any atom is -0.478 e. The standard InChI is InChI=1S/C14H10O5/c1-7(15)9-6-5-8-3-2-4-10(13(16)17)11(8)12(9)14(18)19/h2-6H,1H3,(H,16,17)(H,18,19). The van der Waals surface area contributed by atoms with Crippen molar-refractivity contribution in [3.8, 4) is 0 Å². The molecule has 0 spiro atoms. The van der Waals surface area contributed by atoms with Gasteiger partial charge in [-0.2, -0.15) is 0 Å².